The molecule has 6 heteroatoms. The second-order valence-corrected chi connectivity index (χ2v) is 7.25. The number of pyridine rings is 1. The lowest BCUT2D eigenvalue weighted by Gasteiger charge is -2.25. The largest absolute Gasteiger partial charge is 0.330 e. The second kappa shape index (κ2) is 6.64. The number of nitrogens with zero attached hydrogens (tertiary/aromatic N) is 4. The van der Waals surface area contributed by atoms with Crippen molar-refractivity contribution in [2.24, 2.45) is 7.05 Å². The molecule has 0 saturated carbocycles. The Morgan fingerprint density at radius 1 is 1.18 bits per heavy atom. The van der Waals surface area contributed by atoms with E-state index in [9.17, 15) is 4.79 Å². The van der Waals surface area contributed by atoms with Crippen molar-refractivity contribution in [3.05, 3.63) is 72.2 Å². The highest BCUT2D eigenvalue weighted by atomic mass is 16.2. The third-order valence-corrected chi connectivity index (χ3v) is 5.59. The molecule has 140 valence electrons. The number of rotatable bonds is 3. The number of aromatic nitrogens is 4. The molecule has 0 aliphatic carbocycles. The van der Waals surface area contributed by atoms with Gasteiger partial charge in [0.2, 0.25) is 0 Å². The van der Waals surface area contributed by atoms with Crippen LogP contribution in [0, 0.1) is 0 Å². The number of fused-ring (bicyclic) bond motifs is 1. The summed E-state index contributed by atoms with van der Waals surface area (Å²) < 4.78 is 1.90. The summed E-state index contributed by atoms with van der Waals surface area (Å²) in [6.07, 6.45) is 5.59. The van der Waals surface area contributed by atoms with Crippen molar-refractivity contribution >= 4 is 16.9 Å². The molecule has 1 aliphatic heterocycles. The number of nitrogens with one attached hydrogen (secondary N) is 1. The molecule has 0 unspecified atom stereocenters. The van der Waals surface area contributed by atoms with E-state index in [2.05, 4.69) is 22.3 Å². The molecular weight excluding hydrogens is 350 g/mol. The Morgan fingerprint density at radius 3 is 2.82 bits per heavy atom. The lowest BCUT2D eigenvalue weighted by atomic mass is 10.0. The molecule has 0 radical (unpaired) electrons. The summed E-state index contributed by atoms with van der Waals surface area (Å²) in [7, 11) is 1.91. The van der Waals surface area contributed by atoms with E-state index in [0.717, 1.165) is 41.7 Å². The maximum Gasteiger partial charge on any atom is 0.271 e. The van der Waals surface area contributed by atoms with Crippen LogP contribution < -0.4 is 0 Å². The van der Waals surface area contributed by atoms with Gasteiger partial charge in [-0.2, -0.15) is 5.10 Å². The van der Waals surface area contributed by atoms with Crippen molar-refractivity contribution in [3.63, 3.8) is 0 Å². The highest BCUT2D eigenvalue weighted by Crippen LogP contribution is 2.33. The fourth-order valence-corrected chi connectivity index (χ4v) is 4.13. The first-order valence-corrected chi connectivity index (χ1v) is 9.54. The van der Waals surface area contributed by atoms with Gasteiger partial charge in [-0.25, -0.2) is 4.98 Å². The van der Waals surface area contributed by atoms with Crippen LogP contribution in [0.5, 0.6) is 0 Å². The lowest BCUT2D eigenvalue weighted by Crippen LogP contribution is -2.31. The molecule has 28 heavy (non-hydrogen) atoms. The van der Waals surface area contributed by atoms with E-state index >= 15 is 0 Å². The average molecular weight is 371 g/mol. The van der Waals surface area contributed by atoms with Crippen molar-refractivity contribution in [1.29, 1.82) is 0 Å². The number of hydrogen-bond donors (Lipinski definition) is 1. The molecule has 4 aromatic rings. The van der Waals surface area contributed by atoms with Crippen molar-refractivity contribution in [3.8, 4) is 11.3 Å². The minimum absolute atomic E-state index is 0.0664. The zero-order chi connectivity index (χ0) is 19.1. The van der Waals surface area contributed by atoms with Gasteiger partial charge in [-0.15, -0.1) is 0 Å². The number of aryl methyl sites for hydroxylation is 1. The predicted octanol–water partition coefficient (Wildman–Crippen LogP) is 3.94. The molecule has 1 fully saturated rings. The molecule has 1 saturated heterocycles. The SMILES string of the molecule is Cn1c(C(=O)N2CCC[C@@H]2c2ccccc2)cc2ccc(-c3cn[nH]c3)nc21. The fraction of sp³-hybridized carbons (Fsp3) is 0.227. The van der Waals surface area contributed by atoms with E-state index < -0.39 is 0 Å². The zero-order valence-corrected chi connectivity index (χ0v) is 15.7. The van der Waals surface area contributed by atoms with Gasteiger partial charge in [0, 0.05) is 30.7 Å². The first kappa shape index (κ1) is 16.7. The van der Waals surface area contributed by atoms with E-state index in [1.807, 2.05) is 59.1 Å². The van der Waals surface area contributed by atoms with Gasteiger partial charge in [0.25, 0.3) is 5.91 Å². The van der Waals surface area contributed by atoms with Gasteiger partial charge in [0.1, 0.15) is 11.3 Å². The molecule has 4 heterocycles. The van der Waals surface area contributed by atoms with Gasteiger partial charge in [0.15, 0.2) is 0 Å². The first-order chi connectivity index (χ1) is 13.7. The Morgan fingerprint density at radius 2 is 2.04 bits per heavy atom. The summed E-state index contributed by atoms with van der Waals surface area (Å²) in [6.45, 7) is 0.785. The molecular formula is C22H21N5O. The molecule has 5 rings (SSSR count). The maximum atomic E-state index is 13.4. The van der Waals surface area contributed by atoms with Crippen LogP contribution >= 0.6 is 0 Å². The third kappa shape index (κ3) is 2.69. The Balaban J connectivity index is 1.52. The van der Waals surface area contributed by atoms with Crippen LogP contribution in [0.2, 0.25) is 0 Å². The highest BCUT2D eigenvalue weighted by Gasteiger charge is 2.32. The Bertz CT molecular complexity index is 1130. The zero-order valence-electron chi connectivity index (χ0n) is 15.7. The van der Waals surface area contributed by atoms with Crippen molar-refractivity contribution in [1.82, 2.24) is 24.6 Å². The smallest absolute Gasteiger partial charge is 0.271 e. The minimum Gasteiger partial charge on any atom is -0.330 e. The number of aromatic amines is 1. The summed E-state index contributed by atoms with van der Waals surface area (Å²) in [6, 6.07) is 16.4. The number of likely N-dealkylation sites (tertiary alicyclic amines) is 1. The number of carbonyl (C=O) groups excluding carboxylic acids is 1. The molecule has 0 spiro atoms. The van der Waals surface area contributed by atoms with Gasteiger partial charge in [-0.1, -0.05) is 30.3 Å². The molecule has 1 aliphatic rings. The van der Waals surface area contributed by atoms with Gasteiger partial charge in [-0.05, 0) is 36.6 Å². The van der Waals surface area contributed by atoms with E-state index in [1.165, 1.54) is 5.56 Å². The summed E-state index contributed by atoms with van der Waals surface area (Å²) in [5, 5.41) is 7.77. The Labute approximate surface area is 162 Å². The number of benzene rings is 1. The summed E-state index contributed by atoms with van der Waals surface area (Å²) in [4.78, 5) is 20.2. The van der Waals surface area contributed by atoms with Gasteiger partial charge >= 0.3 is 0 Å². The standard InChI is InChI=1S/C22H21N5O/c1-26-20(12-16-9-10-18(25-21(16)26)17-13-23-24-14-17)22(28)27-11-5-8-19(27)15-6-3-2-4-7-15/h2-4,6-7,9-10,12-14,19H,5,8,11H2,1H3,(H,23,24)/t19-/m1/s1. The minimum atomic E-state index is 0.0664. The number of carbonyl (C=O) groups is 1. The van der Waals surface area contributed by atoms with Gasteiger partial charge < -0.3 is 9.47 Å². The van der Waals surface area contributed by atoms with E-state index in [0.29, 0.717) is 5.69 Å². The van der Waals surface area contributed by atoms with Gasteiger partial charge in [0.05, 0.1) is 17.9 Å². The normalized spacial score (nSPS) is 16.8. The quantitative estimate of drug-likeness (QED) is 0.593. The fourth-order valence-electron chi connectivity index (χ4n) is 4.13. The molecule has 0 bridgehead atoms. The Kier molecular flexibility index (Phi) is 3.97. The number of H-pyrrole nitrogens is 1. The maximum absolute atomic E-state index is 13.4. The molecule has 1 aromatic carbocycles. The lowest BCUT2D eigenvalue weighted by molar-refractivity contribution is 0.0726. The summed E-state index contributed by atoms with van der Waals surface area (Å²) in [5.74, 6) is 0.0664. The summed E-state index contributed by atoms with van der Waals surface area (Å²) >= 11 is 0. The van der Waals surface area contributed by atoms with E-state index in [1.54, 1.807) is 6.20 Å². The van der Waals surface area contributed by atoms with E-state index in [4.69, 9.17) is 4.98 Å². The predicted molar refractivity (Wildman–Crippen MR) is 108 cm³/mol. The van der Waals surface area contributed by atoms with Crippen molar-refractivity contribution in [2.45, 2.75) is 18.9 Å². The molecule has 1 atom stereocenters. The first-order valence-electron chi connectivity index (χ1n) is 9.54. The number of amides is 1. The number of hydrogen-bond acceptors (Lipinski definition) is 3. The van der Waals surface area contributed by atoms with Crippen LogP contribution in [-0.2, 0) is 7.05 Å². The monoisotopic (exact) mass is 371 g/mol. The average Bonchev–Trinajstić information content (AvgIpc) is 3.48. The van der Waals surface area contributed by atoms with Crippen LogP contribution in [0.4, 0.5) is 0 Å². The van der Waals surface area contributed by atoms with E-state index in [-0.39, 0.29) is 11.9 Å². The van der Waals surface area contributed by atoms with Crippen molar-refractivity contribution in [2.75, 3.05) is 6.54 Å². The van der Waals surface area contributed by atoms with Crippen LogP contribution in [0.25, 0.3) is 22.3 Å². The molecule has 3 aromatic heterocycles. The second-order valence-electron chi connectivity index (χ2n) is 7.25. The van der Waals surface area contributed by atoms with Crippen LogP contribution in [0.1, 0.15) is 34.9 Å². The molecule has 1 N–H and O–H groups in total. The van der Waals surface area contributed by atoms with Gasteiger partial charge in [-0.3, -0.25) is 9.89 Å². The molecule has 1 amide bonds. The highest BCUT2D eigenvalue weighted by molar-refractivity contribution is 5.98. The van der Waals surface area contributed by atoms with Crippen LogP contribution in [0.3, 0.4) is 0 Å². The van der Waals surface area contributed by atoms with Crippen LogP contribution in [0.15, 0.2) is 60.9 Å². The third-order valence-electron chi connectivity index (χ3n) is 5.59. The molecule has 6 nitrogen and oxygen atoms in total. The Hall–Kier alpha value is -3.41. The van der Waals surface area contributed by atoms with Crippen molar-refractivity contribution < 1.29 is 4.79 Å². The summed E-state index contributed by atoms with van der Waals surface area (Å²) in [5.41, 5.74) is 4.45. The topological polar surface area (TPSA) is 66.8 Å². The van der Waals surface area contributed by atoms with Crippen LogP contribution in [-0.4, -0.2) is 37.1 Å².